The fraction of sp³-hybridized carbons (Fsp3) is 0.941. The van der Waals surface area contributed by atoms with Crippen molar-refractivity contribution in [1.82, 2.24) is 10.2 Å². The molecule has 0 aromatic rings. The minimum absolute atomic E-state index is 0.183. The van der Waals surface area contributed by atoms with E-state index in [4.69, 9.17) is 4.74 Å². The molecule has 0 aliphatic carbocycles. The van der Waals surface area contributed by atoms with Crippen LogP contribution in [0, 0.1) is 17.8 Å². The zero-order valence-corrected chi connectivity index (χ0v) is 13.8. The molecule has 0 unspecified atom stereocenters. The first-order valence-electron chi connectivity index (χ1n) is 8.73. The molecule has 0 atom stereocenters. The van der Waals surface area contributed by atoms with E-state index in [2.05, 4.69) is 19.2 Å². The highest BCUT2D eigenvalue weighted by Gasteiger charge is 2.24. The van der Waals surface area contributed by atoms with Gasteiger partial charge in [-0.2, -0.15) is 0 Å². The SMILES string of the molecule is CC(C)C1CCN(C(=O)COCCC2CCNCC2)CC1. The van der Waals surface area contributed by atoms with E-state index in [1.54, 1.807) is 0 Å². The van der Waals surface area contributed by atoms with E-state index in [9.17, 15) is 4.79 Å². The Morgan fingerprint density at radius 2 is 1.86 bits per heavy atom. The van der Waals surface area contributed by atoms with Gasteiger partial charge in [-0.05, 0) is 62.9 Å². The van der Waals surface area contributed by atoms with Crippen molar-refractivity contribution in [3.63, 3.8) is 0 Å². The maximum absolute atomic E-state index is 12.1. The summed E-state index contributed by atoms with van der Waals surface area (Å²) in [7, 11) is 0. The Hall–Kier alpha value is -0.610. The standard InChI is InChI=1S/C17H32N2O2/c1-14(2)16-5-10-19(11-6-16)17(20)13-21-12-7-15-3-8-18-9-4-15/h14-16,18H,3-13H2,1-2H3. The number of nitrogens with one attached hydrogen (secondary N) is 1. The molecule has 0 saturated carbocycles. The fourth-order valence-electron chi connectivity index (χ4n) is 3.49. The van der Waals surface area contributed by atoms with Crippen LogP contribution >= 0.6 is 0 Å². The predicted octanol–water partition coefficient (Wildman–Crippen LogP) is 2.29. The molecule has 1 N–H and O–H groups in total. The van der Waals surface area contributed by atoms with E-state index in [1.807, 2.05) is 4.90 Å². The molecule has 2 aliphatic rings. The van der Waals surface area contributed by atoms with E-state index in [1.165, 1.54) is 12.8 Å². The number of piperidine rings is 2. The first kappa shape index (κ1) is 16.8. The second-order valence-corrected chi connectivity index (χ2v) is 7.00. The molecule has 2 fully saturated rings. The Bertz CT molecular complexity index is 306. The number of rotatable bonds is 6. The Morgan fingerprint density at radius 3 is 2.48 bits per heavy atom. The van der Waals surface area contributed by atoms with Gasteiger partial charge in [0.25, 0.3) is 0 Å². The molecular weight excluding hydrogens is 264 g/mol. The summed E-state index contributed by atoms with van der Waals surface area (Å²) in [6.45, 7) is 9.68. The first-order chi connectivity index (χ1) is 10.2. The van der Waals surface area contributed by atoms with Gasteiger partial charge >= 0.3 is 0 Å². The summed E-state index contributed by atoms with van der Waals surface area (Å²) in [5.74, 6) is 2.49. The van der Waals surface area contributed by atoms with Gasteiger partial charge in [-0.15, -0.1) is 0 Å². The van der Waals surface area contributed by atoms with Crippen LogP contribution < -0.4 is 5.32 Å². The van der Waals surface area contributed by atoms with Crippen LogP contribution in [0.1, 0.15) is 46.0 Å². The van der Waals surface area contributed by atoms with Gasteiger partial charge < -0.3 is 15.0 Å². The molecule has 2 heterocycles. The third-order valence-corrected chi connectivity index (χ3v) is 5.19. The summed E-state index contributed by atoms with van der Waals surface area (Å²) in [5.41, 5.74) is 0. The first-order valence-corrected chi connectivity index (χ1v) is 8.73. The number of hydrogen-bond donors (Lipinski definition) is 1. The summed E-state index contributed by atoms with van der Waals surface area (Å²) in [6.07, 6.45) is 5.90. The molecule has 0 aromatic heterocycles. The quantitative estimate of drug-likeness (QED) is 0.765. The third kappa shape index (κ3) is 5.59. The lowest BCUT2D eigenvalue weighted by molar-refractivity contribution is -0.137. The van der Waals surface area contributed by atoms with E-state index in [0.717, 1.165) is 69.8 Å². The molecule has 0 bridgehead atoms. The lowest BCUT2D eigenvalue weighted by Crippen LogP contribution is -2.41. The normalized spacial score (nSPS) is 22.0. The molecule has 2 saturated heterocycles. The topological polar surface area (TPSA) is 41.6 Å². The summed E-state index contributed by atoms with van der Waals surface area (Å²) in [6, 6.07) is 0. The molecule has 21 heavy (non-hydrogen) atoms. The molecule has 0 radical (unpaired) electrons. The highest BCUT2D eigenvalue weighted by molar-refractivity contribution is 5.77. The van der Waals surface area contributed by atoms with Crippen molar-refractivity contribution < 1.29 is 9.53 Å². The zero-order chi connectivity index (χ0) is 15.1. The monoisotopic (exact) mass is 296 g/mol. The summed E-state index contributed by atoms with van der Waals surface area (Å²) < 4.78 is 5.61. The van der Waals surface area contributed by atoms with Gasteiger partial charge in [0.15, 0.2) is 0 Å². The minimum Gasteiger partial charge on any atom is -0.372 e. The van der Waals surface area contributed by atoms with Crippen molar-refractivity contribution in [2.45, 2.75) is 46.0 Å². The number of likely N-dealkylation sites (tertiary alicyclic amines) is 1. The van der Waals surface area contributed by atoms with Crippen LogP contribution in [0.15, 0.2) is 0 Å². The van der Waals surface area contributed by atoms with Crippen LogP contribution in [0.2, 0.25) is 0 Å². The van der Waals surface area contributed by atoms with Crippen LogP contribution in [0.3, 0.4) is 0 Å². The van der Waals surface area contributed by atoms with Crippen LogP contribution in [0.5, 0.6) is 0 Å². The Labute approximate surface area is 129 Å². The molecule has 122 valence electrons. The third-order valence-electron chi connectivity index (χ3n) is 5.19. The fourth-order valence-corrected chi connectivity index (χ4v) is 3.49. The number of amides is 1. The largest absolute Gasteiger partial charge is 0.372 e. The van der Waals surface area contributed by atoms with Gasteiger partial charge in [0.05, 0.1) is 0 Å². The van der Waals surface area contributed by atoms with Crippen molar-refractivity contribution in [1.29, 1.82) is 0 Å². The highest BCUT2D eigenvalue weighted by atomic mass is 16.5. The number of nitrogens with zero attached hydrogens (tertiary/aromatic N) is 1. The van der Waals surface area contributed by atoms with Crippen molar-refractivity contribution in [2.24, 2.45) is 17.8 Å². The Kier molecular flexibility index (Phi) is 6.97. The van der Waals surface area contributed by atoms with Crippen molar-refractivity contribution in [3.8, 4) is 0 Å². The molecular formula is C17H32N2O2. The molecule has 0 spiro atoms. The zero-order valence-electron chi connectivity index (χ0n) is 13.8. The predicted molar refractivity (Wildman–Crippen MR) is 85.2 cm³/mol. The number of hydrogen-bond acceptors (Lipinski definition) is 3. The smallest absolute Gasteiger partial charge is 0.248 e. The lowest BCUT2D eigenvalue weighted by atomic mass is 9.87. The summed E-state index contributed by atoms with van der Waals surface area (Å²) >= 11 is 0. The van der Waals surface area contributed by atoms with Gasteiger partial charge in [-0.3, -0.25) is 4.79 Å². The van der Waals surface area contributed by atoms with Gasteiger partial charge in [0.2, 0.25) is 5.91 Å². The van der Waals surface area contributed by atoms with Crippen molar-refractivity contribution >= 4 is 5.91 Å². The van der Waals surface area contributed by atoms with E-state index < -0.39 is 0 Å². The average Bonchev–Trinajstić information content (AvgIpc) is 2.52. The number of carbonyl (C=O) groups is 1. The summed E-state index contributed by atoms with van der Waals surface area (Å²) in [5, 5.41) is 3.38. The van der Waals surface area contributed by atoms with Crippen LogP contribution in [0.4, 0.5) is 0 Å². The number of carbonyl (C=O) groups excluding carboxylic acids is 1. The van der Waals surface area contributed by atoms with Crippen LogP contribution in [-0.4, -0.2) is 50.2 Å². The highest BCUT2D eigenvalue weighted by Crippen LogP contribution is 2.24. The van der Waals surface area contributed by atoms with E-state index in [0.29, 0.717) is 0 Å². The summed E-state index contributed by atoms with van der Waals surface area (Å²) in [4.78, 5) is 14.1. The Morgan fingerprint density at radius 1 is 1.19 bits per heavy atom. The maximum atomic E-state index is 12.1. The maximum Gasteiger partial charge on any atom is 0.248 e. The van der Waals surface area contributed by atoms with Crippen molar-refractivity contribution in [3.05, 3.63) is 0 Å². The van der Waals surface area contributed by atoms with Crippen LogP contribution in [-0.2, 0) is 9.53 Å². The lowest BCUT2D eigenvalue weighted by Gasteiger charge is -2.33. The molecule has 1 amide bonds. The van der Waals surface area contributed by atoms with Gasteiger partial charge in [0.1, 0.15) is 6.61 Å². The second-order valence-electron chi connectivity index (χ2n) is 7.00. The van der Waals surface area contributed by atoms with Crippen molar-refractivity contribution in [2.75, 3.05) is 39.4 Å². The molecule has 2 rings (SSSR count). The number of ether oxygens (including phenoxy) is 1. The minimum atomic E-state index is 0.183. The molecule has 0 aromatic carbocycles. The Balaban J connectivity index is 1.55. The van der Waals surface area contributed by atoms with E-state index in [-0.39, 0.29) is 12.5 Å². The van der Waals surface area contributed by atoms with Gasteiger partial charge in [-0.1, -0.05) is 13.8 Å². The average molecular weight is 296 g/mol. The molecule has 4 nitrogen and oxygen atoms in total. The van der Waals surface area contributed by atoms with E-state index >= 15 is 0 Å². The second kappa shape index (κ2) is 8.74. The van der Waals surface area contributed by atoms with Crippen LogP contribution in [0.25, 0.3) is 0 Å². The molecule has 2 aliphatic heterocycles. The molecule has 4 heteroatoms. The van der Waals surface area contributed by atoms with Gasteiger partial charge in [0, 0.05) is 19.7 Å². The van der Waals surface area contributed by atoms with Gasteiger partial charge in [-0.25, -0.2) is 0 Å².